The molecule has 0 bridgehead atoms. The van der Waals surface area contributed by atoms with Gasteiger partial charge in [-0.25, -0.2) is 4.39 Å². The van der Waals surface area contributed by atoms with Crippen LogP contribution in [0.2, 0.25) is 0 Å². The summed E-state index contributed by atoms with van der Waals surface area (Å²) >= 11 is 0. The van der Waals surface area contributed by atoms with Crippen LogP contribution < -0.4 is 10.6 Å². The van der Waals surface area contributed by atoms with Crippen LogP contribution in [0.4, 0.5) is 4.39 Å². The third kappa shape index (κ3) is 4.60. The maximum atomic E-state index is 13.0. The van der Waals surface area contributed by atoms with Crippen molar-refractivity contribution >= 4 is 5.91 Å². The number of piperidine rings is 1. The Morgan fingerprint density at radius 1 is 1.45 bits per heavy atom. The smallest absolute Gasteiger partial charge is 0.220 e. The fourth-order valence-electron chi connectivity index (χ4n) is 2.79. The lowest BCUT2D eigenvalue weighted by atomic mass is 9.84. The predicted octanol–water partition coefficient (Wildman–Crippen LogP) is 2.47. The molecule has 0 aromatic heterocycles. The van der Waals surface area contributed by atoms with Gasteiger partial charge in [0.15, 0.2) is 0 Å². The number of hydrogen-bond donors (Lipinski definition) is 2. The molecule has 2 N–H and O–H groups in total. The zero-order chi connectivity index (χ0) is 14.4. The Morgan fingerprint density at radius 2 is 2.20 bits per heavy atom. The van der Waals surface area contributed by atoms with E-state index in [0.29, 0.717) is 24.8 Å². The molecule has 4 heteroatoms. The zero-order valence-corrected chi connectivity index (χ0v) is 12.0. The quantitative estimate of drug-likeness (QED) is 0.868. The van der Waals surface area contributed by atoms with Gasteiger partial charge in [0, 0.05) is 13.0 Å². The van der Waals surface area contributed by atoms with Crippen LogP contribution in [0.1, 0.15) is 31.7 Å². The second-order valence-electron chi connectivity index (χ2n) is 5.68. The molecule has 0 spiro atoms. The van der Waals surface area contributed by atoms with Crippen LogP contribution in [-0.4, -0.2) is 19.0 Å². The molecule has 1 amide bonds. The van der Waals surface area contributed by atoms with E-state index in [1.54, 1.807) is 6.07 Å². The number of halogens is 1. The highest BCUT2D eigenvalue weighted by Crippen LogP contribution is 2.24. The lowest BCUT2D eigenvalue weighted by Gasteiger charge is -2.27. The first-order valence-electron chi connectivity index (χ1n) is 7.37. The lowest BCUT2D eigenvalue weighted by Crippen LogP contribution is -2.33. The number of carbonyl (C=O) groups excluding carboxylic acids is 1. The average Bonchev–Trinajstić information content (AvgIpc) is 2.46. The molecule has 2 rings (SSSR count). The monoisotopic (exact) mass is 278 g/mol. The predicted molar refractivity (Wildman–Crippen MR) is 77.6 cm³/mol. The Labute approximate surface area is 120 Å². The van der Waals surface area contributed by atoms with Crippen molar-refractivity contribution in [3.63, 3.8) is 0 Å². The van der Waals surface area contributed by atoms with Crippen LogP contribution in [0.15, 0.2) is 24.3 Å². The van der Waals surface area contributed by atoms with Gasteiger partial charge in [-0.05, 0) is 55.5 Å². The third-order valence-electron chi connectivity index (χ3n) is 4.07. The fourth-order valence-corrected chi connectivity index (χ4v) is 2.79. The standard InChI is InChI=1S/C16H23FN2O/c1-12(14-5-7-18-8-6-14)9-16(20)19-11-13-3-2-4-15(17)10-13/h2-4,10,12,14,18H,5-9,11H2,1H3,(H,19,20). The molecule has 1 unspecified atom stereocenters. The summed E-state index contributed by atoms with van der Waals surface area (Å²) in [4.78, 5) is 11.9. The van der Waals surface area contributed by atoms with Crippen molar-refractivity contribution in [1.29, 1.82) is 0 Å². The van der Waals surface area contributed by atoms with E-state index in [9.17, 15) is 9.18 Å². The molecule has 110 valence electrons. The van der Waals surface area contributed by atoms with E-state index in [4.69, 9.17) is 0 Å². The first-order valence-corrected chi connectivity index (χ1v) is 7.37. The second kappa shape index (κ2) is 7.39. The maximum Gasteiger partial charge on any atom is 0.220 e. The molecule has 1 saturated heterocycles. The van der Waals surface area contributed by atoms with E-state index >= 15 is 0 Å². The third-order valence-corrected chi connectivity index (χ3v) is 4.07. The van der Waals surface area contributed by atoms with Crippen LogP contribution in [0, 0.1) is 17.7 Å². The van der Waals surface area contributed by atoms with Crippen molar-refractivity contribution in [2.75, 3.05) is 13.1 Å². The Bertz CT molecular complexity index is 444. The average molecular weight is 278 g/mol. The molecule has 3 nitrogen and oxygen atoms in total. The van der Waals surface area contributed by atoms with Crippen molar-refractivity contribution in [2.45, 2.75) is 32.7 Å². The molecule has 0 saturated carbocycles. The first-order chi connectivity index (χ1) is 9.65. The summed E-state index contributed by atoms with van der Waals surface area (Å²) in [6.45, 7) is 4.66. The number of nitrogens with one attached hydrogen (secondary N) is 2. The Hall–Kier alpha value is -1.42. The van der Waals surface area contributed by atoms with E-state index in [0.717, 1.165) is 31.5 Å². The van der Waals surface area contributed by atoms with Gasteiger partial charge in [-0.15, -0.1) is 0 Å². The normalized spacial score (nSPS) is 17.7. The minimum Gasteiger partial charge on any atom is -0.352 e. The lowest BCUT2D eigenvalue weighted by molar-refractivity contribution is -0.122. The fraction of sp³-hybridized carbons (Fsp3) is 0.562. The van der Waals surface area contributed by atoms with Crippen LogP contribution >= 0.6 is 0 Å². The number of rotatable bonds is 5. The van der Waals surface area contributed by atoms with E-state index in [1.807, 2.05) is 6.07 Å². The highest BCUT2D eigenvalue weighted by atomic mass is 19.1. The van der Waals surface area contributed by atoms with E-state index < -0.39 is 0 Å². The summed E-state index contributed by atoms with van der Waals surface area (Å²) in [5.41, 5.74) is 0.799. The molecule has 1 heterocycles. The van der Waals surface area contributed by atoms with Crippen LogP contribution in [-0.2, 0) is 11.3 Å². The Kier molecular flexibility index (Phi) is 5.53. The summed E-state index contributed by atoms with van der Waals surface area (Å²) in [7, 11) is 0. The number of amides is 1. The molecule has 1 aromatic carbocycles. The second-order valence-corrected chi connectivity index (χ2v) is 5.68. The van der Waals surface area contributed by atoms with E-state index in [2.05, 4.69) is 17.6 Å². The zero-order valence-electron chi connectivity index (χ0n) is 12.0. The SMILES string of the molecule is CC(CC(=O)NCc1cccc(F)c1)C1CCNCC1. The van der Waals surface area contributed by atoms with Crippen molar-refractivity contribution < 1.29 is 9.18 Å². The van der Waals surface area contributed by atoms with Gasteiger partial charge in [0.2, 0.25) is 5.91 Å². The molecule has 1 atom stereocenters. The van der Waals surface area contributed by atoms with Gasteiger partial charge in [-0.1, -0.05) is 19.1 Å². The topological polar surface area (TPSA) is 41.1 Å². The van der Waals surface area contributed by atoms with Gasteiger partial charge >= 0.3 is 0 Å². The summed E-state index contributed by atoms with van der Waals surface area (Å²) in [5, 5.41) is 6.21. The van der Waals surface area contributed by atoms with Crippen LogP contribution in [0.25, 0.3) is 0 Å². The number of hydrogen-bond acceptors (Lipinski definition) is 2. The van der Waals surface area contributed by atoms with Crippen LogP contribution in [0.3, 0.4) is 0 Å². The van der Waals surface area contributed by atoms with Gasteiger partial charge in [-0.2, -0.15) is 0 Å². The Balaban J connectivity index is 1.74. The number of benzene rings is 1. The highest BCUT2D eigenvalue weighted by Gasteiger charge is 2.21. The molecule has 0 radical (unpaired) electrons. The van der Waals surface area contributed by atoms with Crippen molar-refractivity contribution in [3.05, 3.63) is 35.6 Å². The molecular weight excluding hydrogens is 255 g/mol. The molecule has 1 fully saturated rings. The largest absolute Gasteiger partial charge is 0.352 e. The van der Waals surface area contributed by atoms with Gasteiger partial charge in [-0.3, -0.25) is 4.79 Å². The first kappa shape index (κ1) is 15.0. The molecular formula is C16H23FN2O. The number of carbonyl (C=O) groups is 1. The van der Waals surface area contributed by atoms with E-state index in [-0.39, 0.29) is 11.7 Å². The molecule has 1 aliphatic rings. The minimum atomic E-state index is -0.264. The molecule has 0 aliphatic carbocycles. The molecule has 1 aliphatic heterocycles. The molecule has 1 aromatic rings. The maximum absolute atomic E-state index is 13.0. The summed E-state index contributed by atoms with van der Waals surface area (Å²) in [6, 6.07) is 6.34. The van der Waals surface area contributed by atoms with Gasteiger partial charge in [0.25, 0.3) is 0 Å². The van der Waals surface area contributed by atoms with Crippen molar-refractivity contribution in [1.82, 2.24) is 10.6 Å². The van der Waals surface area contributed by atoms with Gasteiger partial charge in [0.05, 0.1) is 0 Å². The highest BCUT2D eigenvalue weighted by molar-refractivity contribution is 5.76. The van der Waals surface area contributed by atoms with Crippen LogP contribution in [0.5, 0.6) is 0 Å². The van der Waals surface area contributed by atoms with Gasteiger partial charge in [0.1, 0.15) is 5.82 Å². The summed E-state index contributed by atoms with van der Waals surface area (Å²) in [6.07, 6.45) is 2.86. The minimum absolute atomic E-state index is 0.0558. The summed E-state index contributed by atoms with van der Waals surface area (Å²) < 4.78 is 13.0. The van der Waals surface area contributed by atoms with E-state index in [1.165, 1.54) is 12.1 Å². The van der Waals surface area contributed by atoms with Gasteiger partial charge < -0.3 is 10.6 Å². The van der Waals surface area contributed by atoms with Crippen molar-refractivity contribution in [2.24, 2.45) is 11.8 Å². The Morgan fingerprint density at radius 3 is 2.90 bits per heavy atom. The summed E-state index contributed by atoms with van der Waals surface area (Å²) in [5.74, 6) is 0.834. The van der Waals surface area contributed by atoms with Crippen molar-refractivity contribution in [3.8, 4) is 0 Å². The molecule has 20 heavy (non-hydrogen) atoms.